The summed E-state index contributed by atoms with van der Waals surface area (Å²) >= 11 is 12.6. The fraction of sp³-hybridized carbons (Fsp3) is 0.297. The van der Waals surface area contributed by atoms with E-state index in [1.807, 2.05) is 44.2 Å². The molecule has 0 fully saturated rings. The summed E-state index contributed by atoms with van der Waals surface area (Å²) in [5, 5.41) is 3.59. The topological polar surface area (TPSA) is 105 Å². The predicted molar refractivity (Wildman–Crippen MR) is 194 cm³/mol. The molecule has 0 aliphatic rings. The van der Waals surface area contributed by atoms with Crippen LogP contribution in [-0.2, 0) is 32.6 Å². The molecule has 2 amide bonds. The van der Waals surface area contributed by atoms with Gasteiger partial charge in [0, 0.05) is 25.6 Å². The van der Waals surface area contributed by atoms with Crippen molar-refractivity contribution < 1.29 is 27.5 Å². The summed E-state index contributed by atoms with van der Waals surface area (Å²) in [6.45, 7) is 3.58. The molecule has 0 aromatic heterocycles. The van der Waals surface area contributed by atoms with E-state index >= 15 is 0 Å². The van der Waals surface area contributed by atoms with Gasteiger partial charge in [0.25, 0.3) is 10.0 Å². The largest absolute Gasteiger partial charge is 0.497 e. The van der Waals surface area contributed by atoms with Crippen molar-refractivity contribution in [1.29, 1.82) is 0 Å². The number of anilines is 1. The number of nitrogens with zero attached hydrogens (tertiary/aromatic N) is 2. The molecular weight excluding hydrogens is 685 g/mol. The maximum atomic E-state index is 14.7. The van der Waals surface area contributed by atoms with Crippen LogP contribution >= 0.6 is 23.2 Å². The Morgan fingerprint density at radius 2 is 1.57 bits per heavy atom. The Morgan fingerprint density at radius 1 is 0.857 bits per heavy atom. The van der Waals surface area contributed by atoms with Crippen LogP contribution in [0.2, 0.25) is 10.0 Å². The van der Waals surface area contributed by atoms with Crippen molar-refractivity contribution in [2.75, 3.05) is 31.6 Å². The molecule has 0 saturated carbocycles. The molecule has 4 aromatic rings. The van der Waals surface area contributed by atoms with E-state index in [9.17, 15) is 18.0 Å². The third-order valence-corrected chi connectivity index (χ3v) is 10.5. The number of rotatable bonds is 16. The van der Waals surface area contributed by atoms with E-state index in [2.05, 4.69) is 5.32 Å². The third-order valence-electron chi connectivity index (χ3n) is 7.98. The fourth-order valence-corrected chi connectivity index (χ4v) is 6.97. The summed E-state index contributed by atoms with van der Waals surface area (Å²) < 4.78 is 40.9. The molecule has 0 aliphatic carbocycles. The van der Waals surface area contributed by atoms with E-state index in [4.69, 9.17) is 32.7 Å². The van der Waals surface area contributed by atoms with Crippen LogP contribution in [-0.4, -0.2) is 58.5 Å². The number of carbonyl (C=O) groups excluding carboxylic acids is 2. The predicted octanol–water partition coefficient (Wildman–Crippen LogP) is 7.07. The number of sulfonamides is 1. The van der Waals surface area contributed by atoms with Crippen LogP contribution in [0.5, 0.6) is 11.5 Å². The second kappa shape index (κ2) is 17.4. The van der Waals surface area contributed by atoms with Gasteiger partial charge in [0.05, 0.1) is 34.8 Å². The van der Waals surface area contributed by atoms with Gasteiger partial charge in [-0.05, 0) is 60.9 Å². The number of ether oxygens (including phenoxy) is 2. The monoisotopic (exact) mass is 725 g/mol. The molecule has 0 spiro atoms. The van der Waals surface area contributed by atoms with E-state index in [0.29, 0.717) is 22.9 Å². The molecule has 12 heteroatoms. The zero-order valence-corrected chi connectivity index (χ0v) is 30.3. The number of nitrogens with one attached hydrogen (secondary N) is 1. The van der Waals surface area contributed by atoms with Crippen molar-refractivity contribution in [3.8, 4) is 11.5 Å². The van der Waals surface area contributed by atoms with Gasteiger partial charge in [0.1, 0.15) is 24.1 Å². The molecule has 0 unspecified atom stereocenters. The van der Waals surface area contributed by atoms with E-state index < -0.39 is 28.5 Å². The molecule has 9 nitrogen and oxygen atoms in total. The van der Waals surface area contributed by atoms with Gasteiger partial charge >= 0.3 is 0 Å². The normalized spacial score (nSPS) is 11.8. The lowest BCUT2D eigenvalue weighted by Crippen LogP contribution is -2.53. The van der Waals surface area contributed by atoms with Gasteiger partial charge < -0.3 is 19.7 Å². The van der Waals surface area contributed by atoms with Gasteiger partial charge in [-0.15, -0.1) is 0 Å². The number of aryl methyl sites for hydroxylation is 1. The molecule has 0 bridgehead atoms. The number of carbonyl (C=O) groups is 2. The first-order valence-electron chi connectivity index (χ1n) is 15.8. The second-order valence-corrected chi connectivity index (χ2v) is 14.2. The first-order chi connectivity index (χ1) is 23.5. The highest BCUT2D eigenvalue weighted by molar-refractivity contribution is 7.92. The van der Waals surface area contributed by atoms with Crippen molar-refractivity contribution >= 4 is 50.7 Å². The van der Waals surface area contributed by atoms with Gasteiger partial charge in [-0.3, -0.25) is 13.9 Å². The van der Waals surface area contributed by atoms with Gasteiger partial charge in [0.2, 0.25) is 11.8 Å². The first kappa shape index (κ1) is 37.6. The molecule has 0 aliphatic heterocycles. The summed E-state index contributed by atoms with van der Waals surface area (Å²) in [6.07, 6.45) is 1.80. The van der Waals surface area contributed by atoms with Crippen molar-refractivity contribution in [3.63, 3.8) is 0 Å². The number of amides is 2. The molecule has 4 rings (SSSR count). The standard InChI is InChI=1S/C37H41Cl2N3O6S/c1-5-6-20-40-37(44)34(22-27-10-8-7-9-11-27)41(24-28-14-18-31(38)32(39)21-28)36(43)25-42(33-23-29(47-3)15-19-35(33)48-4)49(45,46)30-16-12-26(2)13-17-30/h7-19,21,23,34H,5-6,20,22,24-25H2,1-4H3,(H,40,44)/t34-/m0/s1. The minimum Gasteiger partial charge on any atom is -0.497 e. The molecule has 0 heterocycles. The minimum atomic E-state index is -4.35. The molecule has 4 aromatic carbocycles. The molecule has 0 saturated heterocycles. The number of hydrogen-bond acceptors (Lipinski definition) is 6. The van der Waals surface area contributed by atoms with Crippen LogP contribution in [0, 0.1) is 6.92 Å². The maximum absolute atomic E-state index is 14.7. The van der Waals surface area contributed by atoms with Crippen LogP contribution in [0.1, 0.15) is 36.5 Å². The van der Waals surface area contributed by atoms with Gasteiger partial charge in [0.15, 0.2) is 0 Å². The lowest BCUT2D eigenvalue weighted by Gasteiger charge is -2.34. The lowest BCUT2D eigenvalue weighted by molar-refractivity contribution is -0.140. The van der Waals surface area contributed by atoms with Crippen LogP contribution in [0.25, 0.3) is 0 Å². The average molecular weight is 727 g/mol. The summed E-state index contributed by atoms with van der Waals surface area (Å²) in [6, 6.07) is 24.4. The van der Waals surface area contributed by atoms with E-state index in [0.717, 1.165) is 28.3 Å². The molecule has 0 radical (unpaired) electrons. The Hall–Kier alpha value is -4.25. The maximum Gasteiger partial charge on any atom is 0.264 e. The summed E-state index contributed by atoms with van der Waals surface area (Å²) in [7, 11) is -1.48. The Morgan fingerprint density at radius 3 is 2.20 bits per heavy atom. The van der Waals surface area contributed by atoms with Crippen LogP contribution in [0.3, 0.4) is 0 Å². The van der Waals surface area contributed by atoms with Gasteiger partial charge in [-0.1, -0.05) is 90.6 Å². The second-order valence-electron chi connectivity index (χ2n) is 11.5. The highest BCUT2D eigenvalue weighted by Gasteiger charge is 2.36. The SMILES string of the molecule is CCCCNC(=O)[C@H](Cc1ccccc1)N(Cc1ccc(Cl)c(Cl)c1)C(=O)CN(c1cc(OC)ccc1OC)S(=O)(=O)c1ccc(C)cc1. The lowest BCUT2D eigenvalue weighted by atomic mass is 10.0. The number of halogens is 2. The number of unbranched alkanes of at least 4 members (excludes halogenated alkanes) is 1. The molecule has 1 N–H and O–H groups in total. The van der Waals surface area contributed by atoms with Gasteiger partial charge in [-0.2, -0.15) is 0 Å². The highest BCUT2D eigenvalue weighted by atomic mass is 35.5. The Labute approximate surface area is 298 Å². The van der Waals surface area contributed by atoms with Crippen molar-refractivity contribution in [2.24, 2.45) is 0 Å². The summed E-state index contributed by atoms with van der Waals surface area (Å²) in [5.74, 6) is -0.424. The quantitative estimate of drug-likeness (QED) is 0.124. The third kappa shape index (κ3) is 9.68. The van der Waals surface area contributed by atoms with Crippen molar-refractivity contribution in [3.05, 3.63) is 118 Å². The average Bonchev–Trinajstić information content (AvgIpc) is 3.10. The number of methoxy groups -OCH3 is 2. The molecule has 1 atom stereocenters. The van der Waals surface area contributed by atoms with Gasteiger partial charge in [-0.25, -0.2) is 8.42 Å². The van der Waals surface area contributed by atoms with Crippen LogP contribution in [0.15, 0.2) is 95.9 Å². The smallest absolute Gasteiger partial charge is 0.264 e. The summed E-state index contributed by atoms with van der Waals surface area (Å²) in [4.78, 5) is 30.1. The molecule has 49 heavy (non-hydrogen) atoms. The van der Waals surface area contributed by atoms with Crippen LogP contribution in [0.4, 0.5) is 5.69 Å². The fourth-order valence-electron chi connectivity index (χ4n) is 5.24. The Balaban J connectivity index is 1.87. The Bertz CT molecular complexity index is 1840. The molecule has 260 valence electrons. The number of hydrogen-bond donors (Lipinski definition) is 1. The highest BCUT2D eigenvalue weighted by Crippen LogP contribution is 2.36. The van der Waals surface area contributed by atoms with E-state index in [-0.39, 0.29) is 40.2 Å². The minimum absolute atomic E-state index is 0.0232. The summed E-state index contributed by atoms with van der Waals surface area (Å²) in [5.41, 5.74) is 2.39. The zero-order valence-electron chi connectivity index (χ0n) is 28.0. The van der Waals surface area contributed by atoms with E-state index in [1.54, 1.807) is 42.5 Å². The molecular formula is C37H41Cl2N3O6S. The van der Waals surface area contributed by atoms with Crippen LogP contribution < -0.4 is 19.1 Å². The van der Waals surface area contributed by atoms with E-state index in [1.165, 1.54) is 37.3 Å². The van der Waals surface area contributed by atoms with Crippen molar-refractivity contribution in [1.82, 2.24) is 10.2 Å². The first-order valence-corrected chi connectivity index (χ1v) is 18.0. The number of benzene rings is 4. The zero-order chi connectivity index (χ0) is 35.6. The van der Waals surface area contributed by atoms with Crippen molar-refractivity contribution in [2.45, 2.75) is 50.6 Å². The Kier molecular flexibility index (Phi) is 13.4.